The Morgan fingerprint density at radius 2 is 1.65 bits per heavy atom. The predicted octanol–water partition coefficient (Wildman–Crippen LogP) is 7.39. The van der Waals surface area contributed by atoms with Gasteiger partial charge in [0, 0.05) is 11.8 Å². The van der Waals surface area contributed by atoms with E-state index in [-0.39, 0.29) is 33.5 Å². The number of esters is 1. The quantitative estimate of drug-likeness (QED) is 0.298. The summed E-state index contributed by atoms with van der Waals surface area (Å²) in [5.41, 5.74) is 2.41. The zero-order valence-electron chi connectivity index (χ0n) is 23.1. The molecule has 0 radical (unpaired) electrons. The van der Waals surface area contributed by atoms with E-state index < -0.39 is 0 Å². The topological polar surface area (TPSA) is 43.4 Å². The van der Waals surface area contributed by atoms with E-state index in [1.807, 2.05) is 0 Å². The van der Waals surface area contributed by atoms with E-state index in [0.717, 1.165) is 32.1 Å². The largest absolute Gasteiger partial charge is 0.469 e. The van der Waals surface area contributed by atoms with E-state index in [1.165, 1.54) is 25.7 Å². The average molecular weight is 469 g/mol. The van der Waals surface area contributed by atoms with E-state index in [9.17, 15) is 9.59 Å². The van der Waals surface area contributed by atoms with Gasteiger partial charge in [-0.2, -0.15) is 0 Å². The maximum atomic E-state index is 12.9. The third kappa shape index (κ3) is 2.88. The van der Waals surface area contributed by atoms with Crippen molar-refractivity contribution < 1.29 is 14.3 Å². The van der Waals surface area contributed by atoms with Crippen LogP contribution in [0.1, 0.15) is 106 Å². The monoisotopic (exact) mass is 468 g/mol. The van der Waals surface area contributed by atoms with Gasteiger partial charge < -0.3 is 4.74 Å². The summed E-state index contributed by atoms with van der Waals surface area (Å²) in [7, 11) is 1.55. The fourth-order valence-electron chi connectivity index (χ4n) is 11.0. The second kappa shape index (κ2) is 7.45. The van der Waals surface area contributed by atoms with Gasteiger partial charge in [-0.3, -0.25) is 9.59 Å². The van der Waals surface area contributed by atoms with Gasteiger partial charge in [0.2, 0.25) is 0 Å². The Bertz CT molecular complexity index is 931. The third-order valence-corrected chi connectivity index (χ3v) is 13.2. The van der Waals surface area contributed by atoms with Gasteiger partial charge in [-0.25, -0.2) is 0 Å². The molecule has 5 rings (SSSR count). The number of fused-ring (bicyclic) bond motifs is 7. The standard InChI is InChI=1S/C31H48O3/c1-19-20(26(33)34-8)11-14-28(4)17-18-30(6)21(25(19)28)9-10-23-29(5)15-13-24(32)27(2,3)22(29)12-16-31(23,30)7/h9,19-20,22-23,25H,10-18H2,1-8H3/t19-,20+,22-,23-,25-,28+,29-,30+,31+/m0/s1. The lowest BCUT2D eigenvalue weighted by atomic mass is 9.33. The van der Waals surface area contributed by atoms with E-state index in [4.69, 9.17) is 4.74 Å². The van der Waals surface area contributed by atoms with Gasteiger partial charge in [0.25, 0.3) is 0 Å². The predicted molar refractivity (Wildman–Crippen MR) is 136 cm³/mol. The molecule has 0 heterocycles. The minimum Gasteiger partial charge on any atom is -0.469 e. The molecule has 0 aromatic carbocycles. The van der Waals surface area contributed by atoms with Crippen LogP contribution in [0.25, 0.3) is 0 Å². The van der Waals surface area contributed by atoms with Crippen molar-refractivity contribution in [2.75, 3.05) is 7.11 Å². The normalized spacial score (nSPS) is 51.8. The molecule has 0 bridgehead atoms. The van der Waals surface area contributed by atoms with E-state index in [2.05, 4.69) is 54.5 Å². The summed E-state index contributed by atoms with van der Waals surface area (Å²) in [5, 5.41) is 0. The Balaban J connectivity index is 1.58. The van der Waals surface area contributed by atoms with Crippen molar-refractivity contribution in [1.82, 2.24) is 0 Å². The first-order valence-electron chi connectivity index (χ1n) is 14.1. The second-order valence-electron chi connectivity index (χ2n) is 14.6. The number of allylic oxidation sites excluding steroid dienone is 2. The molecule has 3 nitrogen and oxygen atoms in total. The molecule has 0 unspecified atom stereocenters. The number of ether oxygens (including phenoxy) is 1. The summed E-state index contributed by atoms with van der Waals surface area (Å²) >= 11 is 0. The van der Waals surface area contributed by atoms with Gasteiger partial charge >= 0.3 is 5.97 Å². The van der Waals surface area contributed by atoms with Gasteiger partial charge in [0.1, 0.15) is 5.78 Å². The molecule has 0 saturated heterocycles. The van der Waals surface area contributed by atoms with Crippen molar-refractivity contribution in [3.05, 3.63) is 11.6 Å². The van der Waals surface area contributed by atoms with Crippen molar-refractivity contribution in [3.63, 3.8) is 0 Å². The van der Waals surface area contributed by atoms with Crippen molar-refractivity contribution in [3.8, 4) is 0 Å². The highest BCUT2D eigenvalue weighted by Gasteiger charge is 2.68. The van der Waals surface area contributed by atoms with Gasteiger partial charge in [-0.1, -0.05) is 60.1 Å². The van der Waals surface area contributed by atoms with E-state index >= 15 is 0 Å². The minimum atomic E-state index is -0.198. The maximum Gasteiger partial charge on any atom is 0.308 e. The Morgan fingerprint density at radius 1 is 0.941 bits per heavy atom. The molecule has 0 N–H and O–H groups in total. The van der Waals surface area contributed by atoms with Gasteiger partial charge in [-0.05, 0) is 96.7 Å². The number of hydrogen-bond acceptors (Lipinski definition) is 3. The molecule has 0 aromatic rings. The van der Waals surface area contributed by atoms with Gasteiger partial charge in [0.05, 0.1) is 13.0 Å². The Labute approximate surface area is 207 Å². The average Bonchev–Trinajstić information content (AvgIpc) is 2.77. The highest BCUT2D eigenvalue weighted by atomic mass is 16.5. The maximum absolute atomic E-state index is 12.9. The minimum absolute atomic E-state index is 0.00977. The molecular formula is C31H48O3. The van der Waals surface area contributed by atoms with Crippen LogP contribution < -0.4 is 0 Å². The van der Waals surface area contributed by atoms with Crippen LogP contribution in [0.3, 0.4) is 0 Å². The number of Topliss-reactive ketones (excluding diaryl/α,β-unsaturated/α-hetero) is 1. The summed E-state index contributed by atoms with van der Waals surface area (Å²) in [4.78, 5) is 25.6. The molecular weight excluding hydrogens is 420 g/mol. The number of methoxy groups -OCH3 is 1. The molecule has 34 heavy (non-hydrogen) atoms. The SMILES string of the molecule is COC(=O)[C@@H]1CC[C@]2(C)CC[C@]3(C)C(=CC[C@H]4[C@@]5(C)CCC(=O)C(C)(C)[C@@H]5CC[C@]43C)[C@@H]2[C@H]1C. The van der Waals surface area contributed by atoms with Crippen LogP contribution in [0.15, 0.2) is 11.6 Å². The van der Waals surface area contributed by atoms with Crippen LogP contribution in [-0.4, -0.2) is 18.9 Å². The van der Waals surface area contributed by atoms with Crippen molar-refractivity contribution in [1.29, 1.82) is 0 Å². The van der Waals surface area contributed by atoms with Crippen LogP contribution in [0.5, 0.6) is 0 Å². The first-order chi connectivity index (χ1) is 15.8. The van der Waals surface area contributed by atoms with Gasteiger partial charge in [0.15, 0.2) is 0 Å². The molecule has 4 fully saturated rings. The first kappa shape index (κ1) is 24.6. The second-order valence-corrected chi connectivity index (χ2v) is 14.6. The highest BCUT2D eigenvalue weighted by molar-refractivity contribution is 5.85. The fourth-order valence-corrected chi connectivity index (χ4v) is 11.0. The molecule has 0 aromatic heterocycles. The third-order valence-electron chi connectivity index (χ3n) is 13.2. The molecule has 9 atom stereocenters. The highest BCUT2D eigenvalue weighted by Crippen LogP contribution is 2.75. The number of carbonyl (C=O) groups is 2. The number of rotatable bonds is 1. The Hall–Kier alpha value is -1.12. The molecule has 0 spiro atoms. The van der Waals surface area contributed by atoms with Crippen molar-refractivity contribution >= 4 is 11.8 Å². The van der Waals surface area contributed by atoms with E-state index in [0.29, 0.717) is 34.9 Å². The lowest BCUT2D eigenvalue weighted by Crippen LogP contribution is -2.64. The molecule has 3 heteroatoms. The number of hydrogen-bond donors (Lipinski definition) is 0. The van der Waals surface area contributed by atoms with Crippen LogP contribution >= 0.6 is 0 Å². The molecule has 5 aliphatic carbocycles. The molecule has 0 aliphatic heterocycles. The summed E-state index contributed by atoms with van der Waals surface area (Å²) in [6, 6.07) is 0. The molecule has 190 valence electrons. The number of ketones is 1. The molecule has 0 amide bonds. The molecule has 4 saturated carbocycles. The first-order valence-corrected chi connectivity index (χ1v) is 14.1. The lowest BCUT2D eigenvalue weighted by Gasteiger charge is -2.71. The summed E-state index contributed by atoms with van der Waals surface area (Å²) in [6.07, 6.45) is 12.6. The Kier molecular flexibility index (Phi) is 5.38. The zero-order valence-corrected chi connectivity index (χ0v) is 23.1. The fraction of sp³-hybridized carbons (Fsp3) is 0.871. The summed E-state index contributed by atoms with van der Waals surface area (Å²) in [5.74, 6) is 2.41. The van der Waals surface area contributed by atoms with Crippen molar-refractivity contribution in [2.24, 2.45) is 56.7 Å². The molecule has 5 aliphatic rings. The van der Waals surface area contributed by atoms with Crippen molar-refractivity contribution in [2.45, 2.75) is 106 Å². The number of carbonyl (C=O) groups excluding carboxylic acids is 2. The smallest absolute Gasteiger partial charge is 0.308 e. The van der Waals surface area contributed by atoms with Crippen LogP contribution in [0.2, 0.25) is 0 Å². The van der Waals surface area contributed by atoms with E-state index in [1.54, 1.807) is 12.7 Å². The van der Waals surface area contributed by atoms with Crippen LogP contribution in [0, 0.1) is 56.7 Å². The zero-order chi connectivity index (χ0) is 24.9. The van der Waals surface area contributed by atoms with Gasteiger partial charge in [-0.15, -0.1) is 0 Å². The summed E-state index contributed by atoms with van der Waals surface area (Å²) in [6.45, 7) is 17.0. The Morgan fingerprint density at radius 3 is 2.32 bits per heavy atom. The van der Waals surface area contributed by atoms with Crippen LogP contribution in [0.4, 0.5) is 0 Å². The lowest BCUT2D eigenvalue weighted by molar-refractivity contribution is -0.186. The summed E-state index contributed by atoms with van der Waals surface area (Å²) < 4.78 is 5.25. The van der Waals surface area contributed by atoms with Crippen LogP contribution in [-0.2, 0) is 14.3 Å².